The summed E-state index contributed by atoms with van der Waals surface area (Å²) in [6.07, 6.45) is 1.95. The van der Waals surface area contributed by atoms with E-state index in [1.807, 2.05) is 45.9 Å². The first-order valence-electron chi connectivity index (χ1n) is 9.52. The number of ether oxygens (including phenoxy) is 2. The quantitative estimate of drug-likeness (QED) is 0.833. The average molecular weight is 372 g/mol. The molecule has 2 aromatic rings. The van der Waals surface area contributed by atoms with Crippen molar-refractivity contribution in [2.75, 3.05) is 6.61 Å². The van der Waals surface area contributed by atoms with Gasteiger partial charge < -0.3 is 19.4 Å². The van der Waals surface area contributed by atoms with Crippen LogP contribution in [0.1, 0.15) is 45.4 Å². The van der Waals surface area contributed by atoms with Crippen molar-refractivity contribution in [3.8, 4) is 0 Å². The number of alkyl carbamates (subject to hydrolysis) is 1. The molecule has 0 saturated heterocycles. The van der Waals surface area contributed by atoms with Gasteiger partial charge in [0.15, 0.2) is 0 Å². The molecule has 1 aromatic carbocycles. The Balaban J connectivity index is 1.84. The number of nitrogens with zero attached hydrogens (tertiary/aromatic N) is 1. The van der Waals surface area contributed by atoms with E-state index < -0.39 is 5.60 Å². The fourth-order valence-corrected chi connectivity index (χ4v) is 3.71. The van der Waals surface area contributed by atoms with Gasteiger partial charge in [-0.2, -0.15) is 0 Å². The van der Waals surface area contributed by atoms with E-state index >= 15 is 0 Å². The fourth-order valence-electron chi connectivity index (χ4n) is 3.71. The third-order valence-corrected chi connectivity index (χ3v) is 4.69. The highest BCUT2D eigenvalue weighted by molar-refractivity contribution is 5.87. The lowest BCUT2D eigenvalue weighted by Gasteiger charge is -2.27. The molecule has 1 atom stereocenters. The van der Waals surface area contributed by atoms with Gasteiger partial charge in [0.2, 0.25) is 0 Å². The number of amides is 1. The second-order valence-electron chi connectivity index (χ2n) is 7.92. The van der Waals surface area contributed by atoms with Crippen LogP contribution < -0.4 is 5.32 Å². The number of hydrogen-bond acceptors (Lipinski definition) is 4. The molecule has 0 saturated carbocycles. The van der Waals surface area contributed by atoms with Crippen molar-refractivity contribution in [2.45, 2.75) is 65.1 Å². The van der Waals surface area contributed by atoms with Crippen LogP contribution in [0.5, 0.6) is 0 Å². The Morgan fingerprint density at radius 3 is 2.70 bits per heavy atom. The van der Waals surface area contributed by atoms with Crippen molar-refractivity contribution in [2.24, 2.45) is 0 Å². The Labute approximate surface area is 159 Å². The molecule has 0 radical (unpaired) electrons. The minimum Gasteiger partial charge on any atom is -0.465 e. The first kappa shape index (κ1) is 19.3. The van der Waals surface area contributed by atoms with E-state index in [2.05, 4.69) is 16.0 Å². The van der Waals surface area contributed by atoms with Gasteiger partial charge in [0, 0.05) is 22.6 Å². The van der Waals surface area contributed by atoms with Gasteiger partial charge in [-0.1, -0.05) is 18.2 Å². The number of rotatable bonds is 4. The molecule has 1 aliphatic rings. The van der Waals surface area contributed by atoms with Crippen molar-refractivity contribution in [3.63, 3.8) is 0 Å². The molecule has 0 unspecified atom stereocenters. The van der Waals surface area contributed by atoms with E-state index in [1.54, 1.807) is 0 Å². The molecule has 0 spiro atoms. The molecule has 1 amide bonds. The number of fused-ring (bicyclic) bond motifs is 3. The summed E-state index contributed by atoms with van der Waals surface area (Å²) in [5.74, 6) is -0.227. The molecule has 6 nitrogen and oxygen atoms in total. The normalized spacial score (nSPS) is 16.7. The smallest absolute Gasteiger partial charge is 0.407 e. The number of carbonyl (C=O) groups is 2. The maximum absolute atomic E-state index is 12.1. The molecule has 1 aromatic heterocycles. The van der Waals surface area contributed by atoms with Gasteiger partial charge >= 0.3 is 12.1 Å². The highest BCUT2D eigenvalue weighted by atomic mass is 16.6. The van der Waals surface area contributed by atoms with Crippen LogP contribution in [-0.2, 0) is 33.7 Å². The molecule has 3 rings (SSSR count). The van der Waals surface area contributed by atoms with Crippen LogP contribution in [0.3, 0.4) is 0 Å². The molecule has 146 valence electrons. The Morgan fingerprint density at radius 1 is 1.26 bits per heavy atom. The van der Waals surface area contributed by atoms with Crippen molar-refractivity contribution >= 4 is 23.0 Å². The second kappa shape index (κ2) is 7.62. The Hall–Kier alpha value is -2.50. The third kappa shape index (κ3) is 4.43. The van der Waals surface area contributed by atoms with E-state index in [0.29, 0.717) is 6.61 Å². The molecule has 27 heavy (non-hydrogen) atoms. The predicted octanol–water partition coefficient (Wildman–Crippen LogP) is 3.59. The highest BCUT2D eigenvalue weighted by Crippen LogP contribution is 2.32. The predicted molar refractivity (Wildman–Crippen MR) is 104 cm³/mol. The van der Waals surface area contributed by atoms with Crippen LogP contribution >= 0.6 is 0 Å². The van der Waals surface area contributed by atoms with Gasteiger partial charge in [0.25, 0.3) is 0 Å². The summed E-state index contributed by atoms with van der Waals surface area (Å²) < 4.78 is 12.6. The van der Waals surface area contributed by atoms with Gasteiger partial charge in [-0.15, -0.1) is 0 Å². The van der Waals surface area contributed by atoms with E-state index in [-0.39, 0.29) is 24.6 Å². The first-order valence-corrected chi connectivity index (χ1v) is 9.52. The topological polar surface area (TPSA) is 69.6 Å². The van der Waals surface area contributed by atoms with Crippen molar-refractivity contribution in [1.29, 1.82) is 0 Å². The van der Waals surface area contributed by atoms with Crippen LogP contribution in [0.4, 0.5) is 4.79 Å². The molecule has 6 heteroatoms. The SMILES string of the molecule is CCOC(=O)Cn1c2c(c3ccccc31)C[C@H](NC(=O)OC(C)(C)C)CC2. The highest BCUT2D eigenvalue weighted by Gasteiger charge is 2.28. The van der Waals surface area contributed by atoms with Gasteiger partial charge in [-0.3, -0.25) is 4.79 Å². The molecule has 1 heterocycles. The summed E-state index contributed by atoms with van der Waals surface area (Å²) in [7, 11) is 0. The fraction of sp³-hybridized carbons (Fsp3) is 0.524. The van der Waals surface area contributed by atoms with Crippen molar-refractivity contribution < 1.29 is 19.1 Å². The van der Waals surface area contributed by atoms with Crippen LogP contribution in [0.2, 0.25) is 0 Å². The monoisotopic (exact) mass is 372 g/mol. The Morgan fingerprint density at radius 2 is 2.00 bits per heavy atom. The van der Waals surface area contributed by atoms with Crippen LogP contribution in [0, 0.1) is 0 Å². The van der Waals surface area contributed by atoms with Crippen LogP contribution in [0.25, 0.3) is 10.9 Å². The lowest BCUT2D eigenvalue weighted by molar-refractivity contribution is -0.143. The summed E-state index contributed by atoms with van der Waals surface area (Å²) in [5, 5.41) is 4.12. The van der Waals surface area contributed by atoms with Crippen molar-refractivity contribution in [1.82, 2.24) is 9.88 Å². The van der Waals surface area contributed by atoms with E-state index in [9.17, 15) is 9.59 Å². The largest absolute Gasteiger partial charge is 0.465 e. The minimum atomic E-state index is -0.514. The van der Waals surface area contributed by atoms with E-state index in [4.69, 9.17) is 9.47 Å². The number of para-hydroxylation sites is 1. The Bertz CT molecular complexity index is 848. The van der Waals surface area contributed by atoms with Gasteiger partial charge in [-0.05, 0) is 58.6 Å². The summed E-state index contributed by atoms with van der Waals surface area (Å²) >= 11 is 0. The summed E-state index contributed by atoms with van der Waals surface area (Å²) in [6.45, 7) is 7.97. The molecular weight excluding hydrogens is 344 g/mol. The molecular formula is C21H28N2O4. The minimum absolute atomic E-state index is 0.0224. The van der Waals surface area contributed by atoms with E-state index in [0.717, 1.165) is 35.9 Å². The number of hydrogen-bond donors (Lipinski definition) is 1. The van der Waals surface area contributed by atoms with E-state index in [1.165, 1.54) is 5.56 Å². The first-order chi connectivity index (χ1) is 12.8. The van der Waals surface area contributed by atoms with Gasteiger partial charge in [0.05, 0.1) is 6.61 Å². The zero-order valence-corrected chi connectivity index (χ0v) is 16.5. The zero-order chi connectivity index (χ0) is 19.6. The lowest BCUT2D eigenvalue weighted by Crippen LogP contribution is -2.42. The molecule has 0 aliphatic heterocycles. The Kier molecular flexibility index (Phi) is 5.44. The van der Waals surface area contributed by atoms with Crippen molar-refractivity contribution in [3.05, 3.63) is 35.5 Å². The summed E-state index contributed by atoms with van der Waals surface area (Å²) in [5.41, 5.74) is 2.88. The number of aromatic nitrogens is 1. The third-order valence-electron chi connectivity index (χ3n) is 4.69. The zero-order valence-electron chi connectivity index (χ0n) is 16.5. The van der Waals surface area contributed by atoms with Crippen LogP contribution in [0.15, 0.2) is 24.3 Å². The molecule has 0 bridgehead atoms. The maximum atomic E-state index is 12.1. The number of nitrogens with one attached hydrogen (secondary N) is 1. The molecule has 0 fully saturated rings. The summed E-state index contributed by atoms with van der Waals surface area (Å²) in [4.78, 5) is 24.2. The lowest BCUT2D eigenvalue weighted by atomic mass is 9.91. The number of esters is 1. The number of carbonyl (C=O) groups excluding carboxylic acids is 2. The van der Waals surface area contributed by atoms with Gasteiger partial charge in [0.1, 0.15) is 12.1 Å². The average Bonchev–Trinajstić information content (AvgIpc) is 2.87. The van der Waals surface area contributed by atoms with Crippen LogP contribution in [-0.4, -0.2) is 34.9 Å². The second-order valence-corrected chi connectivity index (χ2v) is 7.92. The maximum Gasteiger partial charge on any atom is 0.407 e. The summed E-state index contributed by atoms with van der Waals surface area (Å²) in [6, 6.07) is 8.11. The van der Waals surface area contributed by atoms with Gasteiger partial charge in [-0.25, -0.2) is 4.79 Å². The number of benzene rings is 1. The molecule has 1 aliphatic carbocycles. The standard InChI is InChI=1S/C21H28N2O4/c1-5-26-19(24)13-23-17-9-7-6-8-15(17)16-12-14(10-11-18(16)23)22-20(25)27-21(2,3)4/h6-9,14H,5,10-13H2,1-4H3,(H,22,25)/t14-/m1/s1. The molecule has 1 N–H and O–H groups in total.